The largest absolute Gasteiger partial charge is 0.467 e. The maximum Gasteiger partial charge on any atom is 0.357 e. The van der Waals surface area contributed by atoms with Gasteiger partial charge in [0.2, 0.25) is 0 Å². The minimum atomic E-state index is -4.39. The third-order valence-electron chi connectivity index (χ3n) is 7.20. The third-order valence-corrected chi connectivity index (χ3v) is 9.02. The van der Waals surface area contributed by atoms with Crippen LogP contribution in [0.25, 0.3) is 0 Å². The number of hydrogen-bond acceptors (Lipinski definition) is 10. The van der Waals surface area contributed by atoms with E-state index < -0.39 is 51.1 Å². The molecule has 3 aliphatic heterocycles. The van der Waals surface area contributed by atoms with Crippen LogP contribution in [-0.4, -0.2) is 69.9 Å². The van der Waals surface area contributed by atoms with Crippen molar-refractivity contribution in [2.24, 2.45) is 4.99 Å². The number of nitrogens with one attached hydrogen (secondary N) is 1. The topological polar surface area (TPSA) is 141 Å². The molecule has 2 aromatic rings. The molecule has 3 atom stereocenters. The summed E-state index contributed by atoms with van der Waals surface area (Å²) < 4.78 is 44.1. The number of benzene rings is 2. The maximum absolute atomic E-state index is 14.1. The zero-order valence-corrected chi connectivity index (χ0v) is 21.9. The van der Waals surface area contributed by atoms with Crippen LogP contribution in [0.15, 0.2) is 69.7 Å². The highest BCUT2D eigenvalue weighted by atomic mass is 32.2. The van der Waals surface area contributed by atoms with Gasteiger partial charge in [-0.25, -0.2) is 32.1 Å². The minimum absolute atomic E-state index is 0.0742. The van der Waals surface area contributed by atoms with E-state index in [4.69, 9.17) is 14.2 Å². The molecule has 38 heavy (non-hydrogen) atoms. The highest BCUT2D eigenvalue weighted by Crippen LogP contribution is 2.56. The highest BCUT2D eigenvalue weighted by Gasteiger charge is 2.67. The molecule has 0 aromatic heterocycles. The molecular weight excluding hydrogens is 514 g/mol. The summed E-state index contributed by atoms with van der Waals surface area (Å²) in [5.41, 5.74) is 0.186. The molecule has 1 N–H and O–H groups in total. The number of carbonyl (C=O) groups is 3. The average Bonchev–Trinajstić information content (AvgIpc) is 3.45. The molecule has 0 radical (unpaired) electrons. The first-order valence-electron chi connectivity index (χ1n) is 11.7. The van der Waals surface area contributed by atoms with Crippen LogP contribution < -0.4 is 5.32 Å². The Hall–Kier alpha value is -4.19. The van der Waals surface area contributed by atoms with E-state index in [1.807, 2.05) is 6.92 Å². The number of aliphatic imine (C=N–C) groups is 1. The molecule has 2 aromatic carbocycles. The number of ether oxygens (including phenoxy) is 3. The predicted molar refractivity (Wildman–Crippen MR) is 135 cm³/mol. The Bertz CT molecular complexity index is 1530. The summed E-state index contributed by atoms with van der Waals surface area (Å²) in [5, 5.41) is 3.25. The first kappa shape index (κ1) is 25.5. The van der Waals surface area contributed by atoms with E-state index in [-0.39, 0.29) is 22.7 Å². The van der Waals surface area contributed by atoms with Gasteiger partial charge in [0.05, 0.1) is 43.3 Å². The molecule has 0 aliphatic carbocycles. The van der Waals surface area contributed by atoms with E-state index >= 15 is 0 Å². The quantitative estimate of drug-likeness (QED) is 0.444. The van der Waals surface area contributed by atoms with Crippen LogP contribution in [-0.2, 0) is 44.0 Å². The average molecular weight is 540 g/mol. The summed E-state index contributed by atoms with van der Waals surface area (Å²) in [6.45, 7) is 1.82. The monoisotopic (exact) mass is 539 g/mol. The van der Waals surface area contributed by atoms with Crippen molar-refractivity contribution in [3.63, 3.8) is 0 Å². The van der Waals surface area contributed by atoms with Crippen molar-refractivity contribution in [1.29, 1.82) is 0 Å². The molecule has 0 bridgehead atoms. The number of para-hydroxylation sites is 1. The zero-order valence-electron chi connectivity index (χ0n) is 21.0. The summed E-state index contributed by atoms with van der Waals surface area (Å²) >= 11 is 0. The summed E-state index contributed by atoms with van der Waals surface area (Å²) in [4.78, 5) is 43.5. The molecule has 5 rings (SSSR count). The molecule has 0 unspecified atom stereocenters. The van der Waals surface area contributed by atoms with Gasteiger partial charge < -0.3 is 19.5 Å². The van der Waals surface area contributed by atoms with Crippen molar-refractivity contribution in [3.8, 4) is 0 Å². The summed E-state index contributed by atoms with van der Waals surface area (Å²) in [7, 11) is -0.943. The minimum Gasteiger partial charge on any atom is -0.467 e. The van der Waals surface area contributed by atoms with Gasteiger partial charge >= 0.3 is 17.9 Å². The number of aryl methyl sites for hydroxylation is 1. The van der Waals surface area contributed by atoms with Gasteiger partial charge in [0, 0.05) is 5.69 Å². The van der Waals surface area contributed by atoms with Gasteiger partial charge in [-0.05, 0) is 37.1 Å². The normalized spacial score (nSPS) is 23.5. The second-order valence-corrected chi connectivity index (χ2v) is 10.9. The van der Waals surface area contributed by atoms with E-state index in [9.17, 15) is 22.8 Å². The van der Waals surface area contributed by atoms with E-state index in [0.717, 1.165) is 31.2 Å². The molecule has 1 fully saturated rings. The molecule has 3 heterocycles. The van der Waals surface area contributed by atoms with E-state index in [2.05, 4.69) is 10.3 Å². The number of sulfonamides is 1. The number of hydrogen-bond donors (Lipinski definition) is 1. The number of fused-ring (bicyclic) bond motifs is 1. The van der Waals surface area contributed by atoms with Gasteiger partial charge in [0.1, 0.15) is 11.9 Å². The number of anilines is 1. The van der Waals surface area contributed by atoms with Gasteiger partial charge in [-0.1, -0.05) is 35.9 Å². The van der Waals surface area contributed by atoms with Crippen molar-refractivity contribution >= 4 is 39.5 Å². The van der Waals surface area contributed by atoms with Crippen LogP contribution >= 0.6 is 0 Å². The van der Waals surface area contributed by atoms with Gasteiger partial charge in [0.25, 0.3) is 10.0 Å². The Morgan fingerprint density at radius 3 is 2.26 bits per heavy atom. The highest BCUT2D eigenvalue weighted by molar-refractivity contribution is 7.89. The van der Waals surface area contributed by atoms with Crippen molar-refractivity contribution in [2.75, 3.05) is 26.6 Å². The molecule has 0 amide bonds. The second kappa shape index (κ2) is 8.98. The Morgan fingerprint density at radius 1 is 0.974 bits per heavy atom. The number of amidine groups is 1. The standard InChI is InChI=1S/C26H25N3O8S/c1-14-9-11-15(12-10-14)38(33,34)29-18(22(30)35-2)13-26-16-7-5-6-8-17(16)27-21(26)19(23(31)36-3)20(24(32)37-4)28-25(26)29/h5-12,18,21,27H,13H2,1-4H3/t18-,21-,26-/m0/s1. The molecule has 11 nitrogen and oxygen atoms in total. The fourth-order valence-electron chi connectivity index (χ4n) is 5.50. The first-order valence-corrected chi connectivity index (χ1v) is 13.1. The molecule has 3 aliphatic rings. The summed E-state index contributed by atoms with van der Waals surface area (Å²) in [5.74, 6) is -2.70. The lowest BCUT2D eigenvalue weighted by molar-refractivity contribution is -0.144. The number of carbonyl (C=O) groups excluding carboxylic acids is 3. The molecule has 1 saturated heterocycles. The fourth-order valence-corrected chi connectivity index (χ4v) is 7.13. The van der Waals surface area contributed by atoms with Gasteiger partial charge in [-0.3, -0.25) is 0 Å². The van der Waals surface area contributed by atoms with Crippen molar-refractivity contribution in [3.05, 3.63) is 70.9 Å². The van der Waals surface area contributed by atoms with Crippen LogP contribution in [0.3, 0.4) is 0 Å². The lowest BCUT2D eigenvalue weighted by Gasteiger charge is -2.37. The van der Waals surface area contributed by atoms with E-state index in [0.29, 0.717) is 11.3 Å². The van der Waals surface area contributed by atoms with Crippen LogP contribution in [0.1, 0.15) is 17.5 Å². The van der Waals surface area contributed by atoms with Crippen LogP contribution in [0.2, 0.25) is 0 Å². The van der Waals surface area contributed by atoms with E-state index in [1.54, 1.807) is 36.4 Å². The SMILES string of the molecule is COC(=O)C1=C(C(=O)OC)[C@@H]2Nc3ccccc3[C@@]23C[C@@H](C(=O)OC)N(S(=O)(=O)c2ccc(C)cc2)C3=N1. The predicted octanol–water partition coefficient (Wildman–Crippen LogP) is 1.68. The zero-order chi connectivity index (χ0) is 27.4. The smallest absolute Gasteiger partial charge is 0.357 e. The molecular formula is C26H25N3O8S. The Kier molecular flexibility index (Phi) is 6.02. The Labute approximate surface area is 219 Å². The Morgan fingerprint density at radius 2 is 1.63 bits per heavy atom. The molecule has 0 saturated carbocycles. The lowest BCUT2D eigenvalue weighted by Crippen LogP contribution is -2.52. The Balaban J connectivity index is 1.85. The number of nitrogens with zero attached hydrogens (tertiary/aromatic N) is 2. The molecule has 198 valence electrons. The van der Waals surface area contributed by atoms with Crippen LogP contribution in [0.5, 0.6) is 0 Å². The number of methoxy groups -OCH3 is 3. The molecule has 1 spiro atoms. The third kappa shape index (κ3) is 3.43. The van der Waals surface area contributed by atoms with Crippen molar-refractivity contribution < 1.29 is 37.0 Å². The van der Waals surface area contributed by atoms with Gasteiger partial charge in [-0.15, -0.1) is 0 Å². The van der Waals surface area contributed by atoms with Crippen LogP contribution in [0.4, 0.5) is 5.69 Å². The van der Waals surface area contributed by atoms with Gasteiger partial charge in [-0.2, -0.15) is 0 Å². The van der Waals surface area contributed by atoms with Crippen LogP contribution in [0, 0.1) is 6.92 Å². The van der Waals surface area contributed by atoms with E-state index in [1.165, 1.54) is 12.1 Å². The molecule has 12 heteroatoms. The number of rotatable bonds is 5. The van der Waals surface area contributed by atoms with Gasteiger partial charge in [0.15, 0.2) is 5.70 Å². The lowest BCUT2D eigenvalue weighted by atomic mass is 9.70. The fraction of sp³-hybridized carbons (Fsp3) is 0.308. The maximum atomic E-state index is 14.1. The second-order valence-electron chi connectivity index (χ2n) is 9.13. The summed E-state index contributed by atoms with van der Waals surface area (Å²) in [6, 6.07) is 10.9. The summed E-state index contributed by atoms with van der Waals surface area (Å²) in [6.07, 6.45) is -0.104. The number of esters is 3. The van der Waals surface area contributed by atoms with Crippen molar-refractivity contribution in [2.45, 2.75) is 35.7 Å². The van der Waals surface area contributed by atoms with Crippen molar-refractivity contribution in [1.82, 2.24) is 4.31 Å². The first-order chi connectivity index (χ1) is 18.1.